The largest absolute Gasteiger partial charge is 0.355 e. The summed E-state index contributed by atoms with van der Waals surface area (Å²) in [6, 6.07) is 8.20. The number of fused-ring (bicyclic) bond motifs is 1. The predicted octanol–water partition coefficient (Wildman–Crippen LogP) is 1.44. The first-order valence-electron chi connectivity index (χ1n) is 8.20. The fraction of sp³-hybridized carbons (Fsp3) is 0.529. The van der Waals surface area contributed by atoms with Gasteiger partial charge in [0.1, 0.15) is 0 Å². The molecule has 2 heterocycles. The third-order valence-electron chi connectivity index (χ3n) is 4.47. The van der Waals surface area contributed by atoms with E-state index < -0.39 is 0 Å². The molecule has 7 heteroatoms. The maximum atomic E-state index is 12.8. The van der Waals surface area contributed by atoms with Crippen molar-refractivity contribution in [2.75, 3.05) is 26.2 Å². The highest BCUT2D eigenvalue weighted by Gasteiger charge is 2.35. The average Bonchev–Trinajstić information content (AvgIpc) is 3.03. The summed E-state index contributed by atoms with van der Waals surface area (Å²) in [7, 11) is 0. The van der Waals surface area contributed by atoms with Gasteiger partial charge in [-0.1, -0.05) is 18.2 Å². The van der Waals surface area contributed by atoms with Gasteiger partial charge in [0, 0.05) is 31.1 Å². The first-order valence-corrected chi connectivity index (χ1v) is 9.08. The number of benzene rings is 1. The Bertz CT molecular complexity index is 574. The smallest absolute Gasteiger partial charge is 0.236 e. The van der Waals surface area contributed by atoms with Crippen LogP contribution in [0.3, 0.4) is 0 Å². The van der Waals surface area contributed by atoms with Gasteiger partial charge in [-0.25, -0.2) is 0 Å². The van der Waals surface area contributed by atoms with Crippen molar-refractivity contribution in [2.24, 2.45) is 11.7 Å². The van der Waals surface area contributed by atoms with E-state index in [2.05, 4.69) is 17.4 Å². The number of halogens is 1. The van der Waals surface area contributed by atoms with Crippen molar-refractivity contribution >= 4 is 36.0 Å². The van der Waals surface area contributed by atoms with Gasteiger partial charge >= 0.3 is 0 Å². The molecule has 132 valence electrons. The summed E-state index contributed by atoms with van der Waals surface area (Å²) in [5, 5.41) is 2.79. The number of nitrogens with one attached hydrogen (secondary N) is 1. The monoisotopic (exact) mass is 369 g/mol. The van der Waals surface area contributed by atoms with Gasteiger partial charge in [0.15, 0.2) is 0 Å². The van der Waals surface area contributed by atoms with Crippen molar-refractivity contribution in [2.45, 2.75) is 29.4 Å². The summed E-state index contributed by atoms with van der Waals surface area (Å²) in [6.07, 6.45) is 2.52. The minimum absolute atomic E-state index is 0. The molecule has 2 aliphatic heterocycles. The SMILES string of the molecule is Cl.NCCNC(=O)C1CCCN(C(=O)C2Cc3ccccc3S2)C1. The molecular weight excluding hydrogens is 346 g/mol. The predicted molar refractivity (Wildman–Crippen MR) is 98.4 cm³/mol. The second kappa shape index (κ2) is 8.74. The average molecular weight is 370 g/mol. The van der Waals surface area contributed by atoms with Crippen molar-refractivity contribution in [1.82, 2.24) is 10.2 Å². The fourth-order valence-corrected chi connectivity index (χ4v) is 4.53. The summed E-state index contributed by atoms with van der Waals surface area (Å²) in [4.78, 5) is 28.0. The van der Waals surface area contributed by atoms with E-state index in [0.29, 0.717) is 19.6 Å². The number of rotatable bonds is 4. The van der Waals surface area contributed by atoms with E-state index in [0.717, 1.165) is 25.8 Å². The van der Waals surface area contributed by atoms with Crippen LogP contribution in [0.2, 0.25) is 0 Å². The van der Waals surface area contributed by atoms with Crippen molar-refractivity contribution in [1.29, 1.82) is 0 Å². The van der Waals surface area contributed by atoms with Crippen molar-refractivity contribution in [3.8, 4) is 0 Å². The van der Waals surface area contributed by atoms with Crippen LogP contribution in [-0.4, -0.2) is 48.1 Å². The molecular formula is C17H24ClN3O2S. The Kier molecular flexibility index (Phi) is 6.95. The van der Waals surface area contributed by atoms with E-state index >= 15 is 0 Å². The molecule has 0 saturated carbocycles. The Morgan fingerprint density at radius 2 is 2.12 bits per heavy atom. The molecule has 2 unspecified atom stereocenters. The van der Waals surface area contributed by atoms with Crippen LogP contribution in [0.4, 0.5) is 0 Å². The standard InChI is InChI=1S/C17H23N3O2S.ClH/c18-7-8-19-16(21)13-5-3-9-20(11-13)17(22)15-10-12-4-1-2-6-14(12)23-15;/h1-2,4,6,13,15H,3,5,7-11,18H2,(H,19,21);1H. The third kappa shape index (κ3) is 4.23. The molecule has 0 aromatic heterocycles. The maximum Gasteiger partial charge on any atom is 0.236 e. The number of nitrogens with two attached hydrogens (primary N) is 1. The van der Waals surface area contributed by atoms with Crippen LogP contribution in [0.1, 0.15) is 18.4 Å². The Morgan fingerprint density at radius 1 is 1.33 bits per heavy atom. The van der Waals surface area contributed by atoms with Gasteiger partial charge in [0.25, 0.3) is 0 Å². The van der Waals surface area contributed by atoms with Gasteiger partial charge in [-0.05, 0) is 30.9 Å². The molecule has 2 amide bonds. The Balaban J connectivity index is 0.00000208. The fourth-order valence-electron chi connectivity index (χ4n) is 3.25. The molecule has 2 atom stereocenters. The summed E-state index contributed by atoms with van der Waals surface area (Å²) < 4.78 is 0. The maximum absolute atomic E-state index is 12.8. The number of carbonyl (C=O) groups excluding carboxylic acids is 2. The van der Waals surface area contributed by atoms with Gasteiger partial charge in [-0.3, -0.25) is 9.59 Å². The number of hydrogen-bond donors (Lipinski definition) is 2. The van der Waals surface area contributed by atoms with E-state index in [4.69, 9.17) is 5.73 Å². The van der Waals surface area contributed by atoms with Crippen LogP contribution in [-0.2, 0) is 16.0 Å². The number of amides is 2. The first kappa shape index (κ1) is 19.1. The number of carbonyl (C=O) groups is 2. The molecule has 0 aliphatic carbocycles. The highest BCUT2D eigenvalue weighted by molar-refractivity contribution is 8.01. The van der Waals surface area contributed by atoms with Gasteiger partial charge < -0.3 is 16.0 Å². The second-order valence-electron chi connectivity index (χ2n) is 6.12. The minimum atomic E-state index is -0.104. The molecule has 1 aromatic rings. The Labute approximate surface area is 153 Å². The molecule has 2 aliphatic rings. The van der Waals surface area contributed by atoms with Gasteiger partial charge in [-0.2, -0.15) is 0 Å². The van der Waals surface area contributed by atoms with E-state index in [1.165, 1.54) is 10.5 Å². The molecule has 1 aromatic carbocycles. The van der Waals surface area contributed by atoms with Crippen molar-refractivity contribution in [3.63, 3.8) is 0 Å². The quantitative estimate of drug-likeness (QED) is 0.842. The van der Waals surface area contributed by atoms with Gasteiger partial charge in [-0.15, -0.1) is 24.2 Å². The zero-order chi connectivity index (χ0) is 16.2. The first-order chi connectivity index (χ1) is 11.2. The van der Waals surface area contributed by atoms with Gasteiger partial charge in [0.05, 0.1) is 11.2 Å². The lowest BCUT2D eigenvalue weighted by Crippen LogP contribution is -2.48. The highest BCUT2D eigenvalue weighted by Crippen LogP contribution is 2.38. The Hall–Kier alpha value is -1.24. The highest BCUT2D eigenvalue weighted by atomic mass is 35.5. The van der Waals surface area contributed by atoms with E-state index in [1.807, 2.05) is 17.0 Å². The molecule has 24 heavy (non-hydrogen) atoms. The van der Waals surface area contributed by atoms with Gasteiger partial charge in [0.2, 0.25) is 11.8 Å². The molecule has 3 rings (SSSR count). The van der Waals surface area contributed by atoms with Crippen molar-refractivity contribution < 1.29 is 9.59 Å². The van der Waals surface area contributed by atoms with Crippen LogP contribution in [0.15, 0.2) is 29.2 Å². The van der Waals surface area contributed by atoms with Crippen LogP contribution < -0.4 is 11.1 Å². The number of nitrogens with zero attached hydrogens (tertiary/aromatic N) is 1. The minimum Gasteiger partial charge on any atom is -0.355 e. The molecule has 1 saturated heterocycles. The molecule has 0 radical (unpaired) electrons. The number of piperidine rings is 1. The zero-order valence-electron chi connectivity index (χ0n) is 13.6. The van der Waals surface area contributed by atoms with Crippen LogP contribution in [0.5, 0.6) is 0 Å². The van der Waals surface area contributed by atoms with Crippen molar-refractivity contribution in [3.05, 3.63) is 29.8 Å². The number of likely N-dealkylation sites (tertiary alicyclic amines) is 1. The van der Waals surface area contributed by atoms with E-state index in [9.17, 15) is 9.59 Å². The molecule has 3 N–H and O–H groups in total. The molecule has 0 spiro atoms. The summed E-state index contributed by atoms with van der Waals surface area (Å²) in [5.41, 5.74) is 6.68. The third-order valence-corrected chi connectivity index (χ3v) is 5.78. The number of thioether (sulfide) groups is 1. The normalized spacial score (nSPS) is 22.5. The Morgan fingerprint density at radius 3 is 2.88 bits per heavy atom. The molecule has 1 fully saturated rings. The topological polar surface area (TPSA) is 75.4 Å². The second-order valence-corrected chi connectivity index (χ2v) is 7.37. The van der Waals surface area contributed by atoms with E-state index in [1.54, 1.807) is 11.8 Å². The lowest BCUT2D eigenvalue weighted by Gasteiger charge is -2.33. The zero-order valence-corrected chi connectivity index (χ0v) is 15.2. The summed E-state index contributed by atoms with van der Waals surface area (Å²) in [5.74, 6) is 0.0888. The molecule has 0 bridgehead atoms. The van der Waals surface area contributed by atoms with E-state index in [-0.39, 0.29) is 35.4 Å². The summed E-state index contributed by atoms with van der Waals surface area (Å²) >= 11 is 1.65. The summed E-state index contributed by atoms with van der Waals surface area (Å²) in [6.45, 7) is 2.23. The lowest BCUT2D eigenvalue weighted by molar-refractivity contribution is -0.135. The van der Waals surface area contributed by atoms with Crippen LogP contribution in [0, 0.1) is 5.92 Å². The lowest BCUT2D eigenvalue weighted by atomic mass is 9.96. The molecule has 5 nitrogen and oxygen atoms in total. The van der Waals surface area contributed by atoms with Crippen LogP contribution in [0.25, 0.3) is 0 Å². The van der Waals surface area contributed by atoms with Crippen LogP contribution >= 0.6 is 24.2 Å². The number of hydrogen-bond acceptors (Lipinski definition) is 4.